The number of nitrogens with one attached hydrogen (secondary N) is 6. The lowest BCUT2D eigenvalue weighted by Crippen LogP contribution is -2.62. The minimum absolute atomic E-state index is 0.0204. The Bertz CT molecular complexity index is 2070. The monoisotopic (exact) mass is 993 g/mol. The molecule has 3 fully saturated rings. The van der Waals surface area contributed by atoms with E-state index in [4.69, 9.17) is 5.73 Å². The van der Waals surface area contributed by atoms with Gasteiger partial charge in [-0.05, 0) is 69.7 Å². The van der Waals surface area contributed by atoms with Crippen LogP contribution in [0.5, 0.6) is 5.75 Å². The third-order valence-corrected chi connectivity index (χ3v) is 12.0. The molecule has 4 rings (SSSR count). The van der Waals surface area contributed by atoms with Gasteiger partial charge in [0.1, 0.15) is 48.0 Å². The predicted octanol–water partition coefficient (Wildman–Crippen LogP) is -5.83. The maximum Gasteiger partial charge on any atom is 0.469 e. The number of nitrogens with two attached hydrogens (primary N) is 1. The number of phosphoric acid groups is 2. The summed E-state index contributed by atoms with van der Waals surface area (Å²) in [6.07, 6.45) is -0.440. The highest BCUT2D eigenvalue weighted by atomic mass is 31.2. The summed E-state index contributed by atoms with van der Waals surface area (Å²) in [6.45, 7) is -1.83. The fraction of sp³-hybridized carbons (Fsp3) is 0.622. The first-order valence-electron chi connectivity index (χ1n) is 21.0. The van der Waals surface area contributed by atoms with Crippen LogP contribution < -0.4 is 37.6 Å². The average Bonchev–Trinajstić information content (AvgIpc) is 4.07. The summed E-state index contributed by atoms with van der Waals surface area (Å²) < 4.78 is 32.4. The molecule has 0 spiro atoms. The van der Waals surface area contributed by atoms with E-state index in [9.17, 15) is 82.4 Å². The van der Waals surface area contributed by atoms with Crippen LogP contribution in [-0.2, 0) is 63.0 Å². The molecule has 3 aliphatic rings. The number of benzene rings is 1. The summed E-state index contributed by atoms with van der Waals surface area (Å²) >= 11 is 0. The lowest BCUT2D eigenvalue weighted by atomic mass is 10.0. The standard InChI is InChI=1S/C37H57N9O19P2/c1-19(48)29(35(55)43-26(18-65-67(61,62)63)36(56)45-13-3-6-27(45)30(38)50)44-34(54)28-7-4-14-46(28)37(57)25(17-64-66(58,59)60)42-32(52)23(15-20-8-10-21(49)11-9-20)40-33(53)24(16-47)41-31(51)22-5-2-12-39-22/h8-11,19,22-29,39,47-49H,2-7,12-18H2,1H3,(H2,38,50)(H,40,53)(H,41,51)(H,42,52)(H,43,55)(H,44,54)(H2,58,59,60)(H2,61,62,63)/t19-,22+,23+,24+,25+,26+,27+,28+,29+/m1/s1. The molecule has 67 heavy (non-hydrogen) atoms. The third kappa shape index (κ3) is 16.3. The number of nitrogens with zero attached hydrogens (tertiary/aromatic N) is 2. The van der Waals surface area contributed by atoms with Crippen LogP contribution in [0, 0.1) is 0 Å². The van der Waals surface area contributed by atoms with E-state index in [0.29, 0.717) is 31.4 Å². The van der Waals surface area contributed by atoms with Crippen molar-refractivity contribution in [3.8, 4) is 5.75 Å². The van der Waals surface area contributed by atoms with Crippen molar-refractivity contribution in [1.82, 2.24) is 41.7 Å². The highest BCUT2D eigenvalue weighted by Crippen LogP contribution is 2.37. The Morgan fingerprint density at radius 3 is 1.72 bits per heavy atom. The summed E-state index contributed by atoms with van der Waals surface area (Å²) in [4.78, 5) is 147. The van der Waals surface area contributed by atoms with E-state index in [2.05, 4.69) is 40.9 Å². The van der Waals surface area contributed by atoms with Gasteiger partial charge in [0.2, 0.25) is 47.3 Å². The number of aliphatic hydroxyl groups excluding tert-OH is 2. The molecule has 0 radical (unpaired) electrons. The second-order valence-electron chi connectivity index (χ2n) is 16.0. The van der Waals surface area contributed by atoms with Crippen LogP contribution in [0.3, 0.4) is 0 Å². The van der Waals surface area contributed by atoms with Crippen LogP contribution in [0.2, 0.25) is 0 Å². The second-order valence-corrected chi connectivity index (χ2v) is 18.5. The Morgan fingerprint density at radius 1 is 0.716 bits per heavy atom. The molecule has 3 saturated heterocycles. The van der Waals surface area contributed by atoms with Gasteiger partial charge in [-0.3, -0.25) is 47.4 Å². The molecule has 0 bridgehead atoms. The number of likely N-dealkylation sites (tertiary alicyclic amines) is 2. The molecule has 9 atom stereocenters. The van der Waals surface area contributed by atoms with Gasteiger partial charge in [-0.1, -0.05) is 12.1 Å². The van der Waals surface area contributed by atoms with Crippen LogP contribution >= 0.6 is 15.6 Å². The number of aliphatic hydroxyl groups is 2. The van der Waals surface area contributed by atoms with Crippen molar-refractivity contribution in [3.05, 3.63) is 29.8 Å². The number of carbonyl (C=O) groups excluding carboxylic acids is 8. The largest absolute Gasteiger partial charge is 0.508 e. The topological polar surface area (TPSA) is 435 Å². The Balaban J connectivity index is 1.55. The molecule has 30 heteroatoms. The number of hydrogen-bond donors (Lipinski definition) is 14. The minimum Gasteiger partial charge on any atom is -0.508 e. The molecule has 3 heterocycles. The lowest BCUT2D eigenvalue weighted by Gasteiger charge is -2.32. The fourth-order valence-electron chi connectivity index (χ4n) is 7.63. The fourth-order valence-corrected chi connectivity index (χ4v) is 8.32. The zero-order chi connectivity index (χ0) is 49.8. The van der Waals surface area contributed by atoms with Gasteiger partial charge in [-0.15, -0.1) is 0 Å². The van der Waals surface area contributed by atoms with Gasteiger partial charge >= 0.3 is 15.6 Å². The summed E-state index contributed by atoms with van der Waals surface area (Å²) in [7, 11) is -10.6. The number of phenolic OH excluding ortho intramolecular Hbond substituents is 1. The van der Waals surface area contributed by atoms with Crippen LogP contribution in [-0.4, -0.2) is 186 Å². The number of rotatable bonds is 23. The molecule has 28 nitrogen and oxygen atoms in total. The van der Waals surface area contributed by atoms with Gasteiger partial charge in [0.25, 0.3) is 0 Å². The van der Waals surface area contributed by atoms with Crippen LogP contribution in [0.1, 0.15) is 51.0 Å². The van der Waals surface area contributed by atoms with Gasteiger partial charge in [-0.2, -0.15) is 0 Å². The molecule has 1 aromatic rings. The molecule has 1 aromatic carbocycles. The second kappa shape index (κ2) is 24.2. The molecule has 0 aromatic heterocycles. The van der Waals surface area contributed by atoms with Gasteiger partial charge in [0.15, 0.2) is 0 Å². The van der Waals surface area contributed by atoms with Gasteiger partial charge < -0.3 is 82.3 Å². The molecule has 0 unspecified atom stereocenters. The lowest BCUT2D eigenvalue weighted by molar-refractivity contribution is -0.144. The van der Waals surface area contributed by atoms with E-state index in [-0.39, 0.29) is 44.5 Å². The van der Waals surface area contributed by atoms with Gasteiger partial charge in [-0.25, -0.2) is 9.13 Å². The molecular formula is C37H57N9O19P2. The van der Waals surface area contributed by atoms with Crippen molar-refractivity contribution < 1.29 is 91.4 Å². The highest BCUT2D eigenvalue weighted by Gasteiger charge is 2.43. The van der Waals surface area contributed by atoms with Crippen molar-refractivity contribution in [2.45, 2.75) is 106 Å². The maximum absolute atomic E-state index is 14.2. The molecule has 0 saturated carbocycles. The number of phosphoric ester groups is 2. The van der Waals surface area contributed by atoms with Crippen molar-refractivity contribution in [1.29, 1.82) is 0 Å². The summed E-state index contributed by atoms with van der Waals surface area (Å²) in [5.41, 5.74) is 5.75. The number of hydrogen-bond acceptors (Lipinski definition) is 16. The van der Waals surface area contributed by atoms with E-state index in [1.807, 2.05) is 0 Å². The van der Waals surface area contributed by atoms with Crippen molar-refractivity contribution >= 4 is 62.9 Å². The van der Waals surface area contributed by atoms with Crippen LogP contribution in [0.4, 0.5) is 0 Å². The number of aromatic hydroxyl groups is 1. The van der Waals surface area contributed by atoms with Gasteiger partial charge in [0.05, 0.1) is 32.0 Å². The van der Waals surface area contributed by atoms with E-state index in [1.165, 1.54) is 24.3 Å². The number of carbonyl (C=O) groups is 8. The SMILES string of the molecule is C[C@@H](O)[C@H](NC(=O)[C@@H]1CCCN1C(=O)[C@H](COP(=O)(O)O)NC(=O)[C@H](Cc1ccc(O)cc1)NC(=O)[C@H](CO)NC(=O)[C@@H]1CCCN1)C(=O)N[C@@H](COP(=O)(O)O)C(=O)N1CCC[C@H]1C(N)=O. The van der Waals surface area contributed by atoms with E-state index >= 15 is 0 Å². The first-order chi connectivity index (χ1) is 31.4. The quantitative estimate of drug-likeness (QED) is 0.0454. The first kappa shape index (κ1) is 54.5. The average molecular weight is 994 g/mol. The molecule has 15 N–H and O–H groups in total. The minimum atomic E-state index is -5.35. The predicted molar refractivity (Wildman–Crippen MR) is 226 cm³/mol. The van der Waals surface area contributed by atoms with E-state index in [0.717, 1.165) is 16.7 Å². The van der Waals surface area contributed by atoms with Crippen LogP contribution in [0.15, 0.2) is 24.3 Å². The Morgan fingerprint density at radius 2 is 1.22 bits per heavy atom. The smallest absolute Gasteiger partial charge is 0.469 e. The Hall–Kier alpha value is -5.12. The molecular weight excluding hydrogens is 936 g/mol. The van der Waals surface area contributed by atoms with Crippen LogP contribution in [0.25, 0.3) is 0 Å². The normalized spacial score (nSPS) is 21.3. The summed E-state index contributed by atoms with van der Waals surface area (Å²) in [5.74, 6) is -8.36. The number of phenols is 1. The summed E-state index contributed by atoms with van der Waals surface area (Å²) in [5, 5.41) is 44.9. The summed E-state index contributed by atoms with van der Waals surface area (Å²) in [6, 6.07) is -6.88. The van der Waals surface area contributed by atoms with Crippen molar-refractivity contribution in [2.24, 2.45) is 5.73 Å². The highest BCUT2D eigenvalue weighted by molar-refractivity contribution is 7.46. The number of amides is 8. The molecule has 8 amide bonds. The maximum atomic E-state index is 14.2. The first-order valence-corrected chi connectivity index (χ1v) is 24.1. The molecule has 3 aliphatic heterocycles. The number of primary amides is 1. The van der Waals surface area contributed by atoms with E-state index in [1.54, 1.807) is 0 Å². The van der Waals surface area contributed by atoms with Crippen molar-refractivity contribution in [3.63, 3.8) is 0 Å². The van der Waals surface area contributed by atoms with Gasteiger partial charge in [0, 0.05) is 19.5 Å². The zero-order valence-corrected chi connectivity index (χ0v) is 37.9. The third-order valence-electron chi connectivity index (χ3n) is 11.0. The van der Waals surface area contributed by atoms with E-state index < -0.39 is 137 Å². The molecule has 0 aliphatic carbocycles. The zero-order valence-electron chi connectivity index (χ0n) is 36.1. The molecule has 374 valence electrons. The Kier molecular flexibility index (Phi) is 19.7. The Labute approximate surface area is 382 Å². The van der Waals surface area contributed by atoms with Crippen molar-refractivity contribution in [2.75, 3.05) is 39.5 Å².